The third kappa shape index (κ3) is 3.70. The molecule has 1 aliphatic heterocycles. The largest absolute Gasteiger partial charge is 0.396 e. The number of aliphatic hydroxyl groups is 1. The lowest BCUT2D eigenvalue weighted by Crippen LogP contribution is -2.44. The average Bonchev–Trinajstić information content (AvgIpc) is 2.78. The number of fused-ring (bicyclic) bond motifs is 1. The number of halogens is 1. The van der Waals surface area contributed by atoms with Crippen LogP contribution < -0.4 is 15.5 Å². The summed E-state index contributed by atoms with van der Waals surface area (Å²) in [4.78, 5) is 37.7. The van der Waals surface area contributed by atoms with E-state index in [0.717, 1.165) is 10.2 Å². The Morgan fingerprint density at radius 1 is 1.35 bits per heavy atom. The zero-order chi connectivity index (χ0) is 17.0. The molecular formula is C15H18BrN3O4. The number of anilines is 1. The fourth-order valence-corrected chi connectivity index (χ4v) is 2.81. The van der Waals surface area contributed by atoms with Crippen LogP contribution in [-0.4, -0.2) is 42.5 Å². The maximum Gasteiger partial charge on any atom is 0.310 e. The maximum absolute atomic E-state index is 12.5. The zero-order valence-electron chi connectivity index (χ0n) is 12.6. The first-order valence-electron chi connectivity index (χ1n) is 7.30. The van der Waals surface area contributed by atoms with E-state index in [4.69, 9.17) is 5.11 Å². The molecule has 1 heterocycles. The lowest BCUT2D eigenvalue weighted by molar-refractivity contribution is -0.140. The number of hydrogen-bond donors (Lipinski definition) is 3. The highest BCUT2D eigenvalue weighted by Gasteiger charge is 2.38. The van der Waals surface area contributed by atoms with Gasteiger partial charge in [0.2, 0.25) is 0 Å². The molecule has 0 fully saturated rings. The van der Waals surface area contributed by atoms with E-state index in [0.29, 0.717) is 18.5 Å². The molecule has 3 amide bonds. The number of carbonyl (C=O) groups is 3. The molecule has 8 heteroatoms. The fourth-order valence-electron chi connectivity index (χ4n) is 2.43. The van der Waals surface area contributed by atoms with Crippen molar-refractivity contribution in [2.75, 3.05) is 24.6 Å². The maximum atomic E-state index is 12.5. The van der Waals surface area contributed by atoms with Gasteiger partial charge in [0.05, 0.1) is 0 Å². The van der Waals surface area contributed by atoms with Gasteiger partial charge in [-0.05, 0) is 31.5 Å². The minimum atomic E-state index is -0.876. The normalized spacial score (nSPS) is 16.2. The number of benzene rings is 1. The summed E-state index contributed by atoms with van der Waals surface area (Å²) < 4.78 is 0.786. The third-order valence-corrected chi connectivity index (χ3v) is 4.02. The summed E-state index contributed by atoms with van der Waals surface area (Å²) in [6, 6.07) is 4.50. The first-order valence-corrected chi connectivity index (χ1v) is 8.09. The molecule has 0 unspecified atom stereocenters. The summed E-state index contributed by atoms with van der Waals surface area (Å²) in [7, 11) is 0. The third-order valence-electron chi connectivity index (χ3n) is 3.52. The first-order chi connectivity index (χ1) is 11.0. The predicted octanol–water partition coefficient (Wildman–Crippen LogP) is 0.472. The number of carbonyl (C=O) groups excluding carboxylic acids is 3. The van der Waals surface area contributed by atoms with Crippen LogP contribution in [0.15, 0.2) is 22.7 Å². The van der Waals surface area contributed by atoms with Crippen LogP contribution in [0.1, 0.15) is 24.9 Å². The summed E-state index contributed by atoms with van der Waals surface area (Å²) in [5, 5.41) is 13.5. The highest BCUT2D eigenvalue weighted by atomic mass is 79.9. The highest BCUT2D eigenvalue weighted by molar-refractivity contribution is 9.10. The summed E-state index contributed by atoms with van der Waals surface area (Å²) in [6.45, 7) is 2.44. The van der Waals surface area contributed by atoms with Crippen molar-refractivity contribution in [2.45, 2.75) is 19.4 Å². The molecular weight excluding hydrogens is 366 g/mol. The van der Waals surface area contributed by atoms with Gasteiger partial charge in [0.15, 0.2) is 0 Å². The number of nitrogens with one attached hydrogen (secondary N) is 2. The Balaban J connectivity index is 2.14. The van der Waals surface area contributed by atoms with Crippen molar-refractivity contribution >= 4 is 39.3 Å². The van der Waals surface area contributed by atoms with Crippen LogP contribution in [0, 0.1) is 0 Å². The molecule has 1 aromatic rings. The molecule has 0 saturated carbocycles. The van der Waals surface area contributed by atoms with Crippen LogP contribution in [0.4, 0.5) is 5.69 Å². The van der Waals surface area contributed by atoms with Gasteiger partial charge in [0.25, 0.3) is 5.91 Å². The van der Waals surface area contributed by atoms with Crippen molar-refractivity contribution in [3.63, 3.8) is 0 Å². The molecule has 1 aliphatic rings. The Labute approximate surface area is 142 Å². The van der Waals surface area contributed by atoms with Crippen molar-refractivity contribution in [2.24, 2.45) is 0 Å². The van der Waals surface area contributed by atoms with E-state index in [1.807, 2.05) is 13.0 Å². The molecule has 3 N–H and O–H groups in total. The number of amides is 3. The number of rotatable bonds is 5. The van der Waals surface area contributed by atoms with E-state index in [1.54, 1.807) is 17.0 Å². The number of nitrogens with zero attached hydrogens (tertiary/aromatic N) is 1. The molecule has 0 radical (unpaired) electrons. The molecule has 0 spiro atoms. The van der Waals surface area contributed by atoms with Crippen molar-refractivity contribution in [1.82, 2.24) is 10.6 Å². The van der Waals surface area contributed by atoms with E-state index in [-0.39, 0.29) is 19.1 Å². The monoisotopic (exact) mass is 383 g/mol. The van der Waals surface area contributed by atoms with Gasteiger partial charge < -0.3 is 20.6 Å². The van der Waals surface area contributed by atoms with E-state index in [9.17, 15) is 14.4 Å². The molecule has 1 atom stereocenters. The van der Waals surface area contributed by atoms with E-state index in [2.05, 4.69) is 26.6 Å². The van der Waals surface area contributed by atoms with Crippen LogP contribution in [0.5, 0.6) is 0 Å². The Morgan fingerprint density at radius 2 is 2.09 bits per heavy atom. The lowest BCUT2D eigenvalue weighted by atomic mass is 10.1. The number of likely N-dealkylation sites (N-methyl/N-ethyl adjacent to an activating group) is 1. The van der Waals surface area contributed by atoms with Gasteiger partial charge >= 0.3 is 11.8 Å². The topological polar surface area (TPSA) is 98.7 Å². The molecule has 0 saturated heterocycles. The molecule has 23 heavy (non-hydrogen) atoms. The Hall–Kier alpha value is -1.93. The van der Waals surface area contributed by atoms with Crippen LogP contribution in [0.2, 0.25) is 0 Å². The van der Waals surface area contributed by atoms with Gasteiger partial charge in [-0.15, -0.1) is 0 Å². The Bertz CT molecular complexity index is 635. The minimum Gasteiger partial charge on any atom is -0.396 e. The Morgan fingerprint density at radius 3 is 2.74 bits per heavy atom. The summed E-state index contributed by atoms with van der Waals surface area (Å²) in [5.74, 6) is -1.96. The van der Waals surface area contributed by atoms with Gasteiger partial charge in [0.1, 0.15) is 6.04 Å². The molecule has 124 valence electrons. The summed E-state index contributed by atoms with van der Waals surface area (Å²) in [6.07, 6.45) is 0.362. The SMILES string of the molecule is CCN1C(=O)[C@@H](NC(=O)C(=O)NCCCO)c2cc(Br)ccc21. The van der Waals surface area contributed by atoms with Crippen molar-refractivity contribution in [1.29, 1.82) is 0 Å². The van der Waals surface area contributed by atoms with Gasteiger partial charge in [-0.3, -0.25) is 14.4 Å². The second-order valence-corrected chi connectivity index (χ2v) is 5.94. The van der Waals surface area contributed by atoms with Gasteiger partial charge in [0, 0.05) is 35.4 Å². The van der Waals surface area contributed by atoms with E-state index < -0.39 is 17.9 Å². The van der Waals surface area contributed by atoms with Gasteiger partial charge in [-0.2, -0.15) is 0 Å². The molecule has 0 bridgehead atoms. The molecule has 0 aromatic heterocycles. The molecule has 1 aromatic carbocycles. The summed E-state index contributed by atoms with van der Waals surface area (Å²) >= 11 is 3.35. The van der Waals surface area contributed by atoms with Crippen LogP contribution in [-0.2, 0) is 14.4 Å². The van der Waals surface area contributed by atoms with Gasteiger partial charge in [-0.25, -0.2) is 0 Å². The average molecular weight is 384 g/mol. The van der Waals surface area contributed by atoms with E-state index in [1.165, 1.54) is 0 Å². The summed E-state index contributed by atoms with van der Waals surface area (Å²) in [5.41, 5.74) is 1.38. The standard InChI is InChI=1S/C15H18BrN3O4/c1-2-19-11-5-4-9(16)8-10(11)12(15(19)23)18-14(22)13(21)17-6-3-7-20/h4-5,8,12,20H,2-3,6-7H2,1H3,(H,17,21)(H,18,22)/t12-/m0/s1. The number of hydrogen-bond acceptors (Lipinski definition) is 4. The Kier molecular flexibility index (Phi) is 5.73. The van der Waals surface area contributed by atoms with Crippen LogP contribution in [0.3, 0.4) is 0 Å². The zero-order valence-corrected chi connectivity index (χ0v) is 14.2. The quantitative estimate of drug-likeness (QED) is 0.508. The number of aliphatic hydroxyl groups excluding tert-OH is 1. The highest BCUT2D eigenvalue weighted by Crippen LogP contribution is 2.37. The van der Waals surface area contributed by atoms with Crippen LogP contribution >= 0.6 is 15.9 Å². The van der Waals surface area contributed by atoms with Crippen molar-refractivity contribution in [3.8, 4) is 0 Å². The van der Waals surface area contributed by atoms with Crippen molar-refractivity contribution in [3.05, 3.63) is 28.2 Å². The fraction of sp³-hybridized carbons (Fsp3) is 0.400. The molecule has 2 rings (SSSR count). The van der Waals surface area contributed by atoms with Gasteiger partial charge in [-0.1, -0.05) is 15.9 Å². The lowest BCUT2D eigenvalue weighted by Gasteiger charge is -2.15. The molecule has 7 nitrogen and oxygen atoms in total. The second-order valence-electron chi connectivity index (χ2n) is 5.03. The second kappa shape index (κ2) is 7.56. The van der Waals surface area contributed by atoms with Crippen LogP contribution in [0.25, 0.3) is 0 Å². The smallest absolute Gasteiger partial charge is 0.310 e. The van der Waals surface area contributed by atoms with E-state index >= 15 is 0 Å². The predicted molar refractivity (Wildman–Crippen MR) is 87.8 cm³/mol. The first kappa shape index (κ1) is 17.4. The van der Waals surface area contributed by atoms with Crippen molar-refractivity contribution < 1.29 is 19.5 Å². The molecule has 0 aliphatic carbocycles. The minimum absolute atomic E-state index is 0.0735.